The lowest BCUT2D eigenvalue weighted by atomic mass is 9.98. The number of hydrogen-bond acceptors (Lipinski definition) is 5. The van der Waals surface area contributed by atoms with Crippen LogP contribution in [-0.2, 0) is 19.4 Å². The predicted octanol–water partition coefficient (Wildman–Crippen LogP) is 1.18. The summed E-state index contributed by atoms with van der Waals surface area (Å²) in [4.78, 5) is 24.9. The minimum atomic E-state index is -3.24. The number of carboxylic acid groups (broad SMARTS) is 1. The first-order valence-electron chi connectivity index (χ1n) is 7.71. The number of aliphatic carboxylic acids is 1. The second kappa shape index (κ2) is 7.65. The van der Waals surface area contributed by atoms with Crippen molar-refractivity contribution in [2.24, 2.45) is 5.92 Å². The zero-order valence-electron chi connectivity index (χ0n) is 13.5. The van der Waals surface area contributed by atoms with E-state index in [-0.39, 0.29) is 30.4 Å². The molecule has 1 amide bonds. The number of sulfone groups is 1. The normalized spacial score (nSPS) is 18.2. The highest BCUT2D eigenvalue weighted by molar-refractivity contribution is 7.90. The molecular weight excluding hydrogens is 334 g/mol. The molecule has 7 nitrogen and oxygen atoms in total. The van der Waals surface area contributed by atoms with Crippen molar-refractivity contribution in [1.29, 1.82) is 0 Å². The largest absolute Gasteiger partial charge is 0.493 e. The van der Waals surface area contributed by atoms with Crippen molar-refractivity contribution < 1.29 is 27.9 Å². The van der Waals surface area contributed by atoms with E-state index >= 15 is 0 Å². The number of carbonyl (C=O) groups excluding carboxylic acids is 1. The minimum Gasteiger partial charge on any atom is -0.493 e. The summed E-state index contributed by atoms with van der Waals surface area (Å²) >= 11 is 0. The highest BCUT2D eigenvalue weighted by atomic mass is 32.2. The van der Waals surface area contributed by atoms with Gasteiger partial charge < -0.3 is 14.7 Å². The summed E-state index contributed by atoms with van der Waals surface area (Å²) < 4.78 is 28.2. The van der Waals surface area contributed by atoms with Gasteiger partial charge in [-0.3, -0.25) is 9.59 Å². The van der Waals surface area contributed by atoms with E-state index in [4.69, 9.17) is 9.84 Å². The van der Waals surface area contributed by atoms with Gasteiger partial charge in [0.25, 0.3) is 0 Å². The minimum absolute atomic E-state index is 0.131. The Morgan fingerprint density at radius 1 is 1.29 bits per heavy atom. The smallest absolute Gasteiger partial charge is 0.308 e. The number of carbonyl (C=O) groups is 2. The molecule has 0 bridgehead atoms. The molecular formula is C16H21NO6S. The first kappa shape index (κ1) is 18.3. The standard InChI is InChI=1S/C16H21NO6S/c1-24(21,22)14-6-4-13(5-7-14)23-10-8-15(18)17-9-2-3-12(11-17)16(19)20/h4-7,12H,2-3,8-11H2,1H3,(H,19,20). The van der Waals surface area contributed by atoms with Gasteiger partial charge in [-0.05, 0) is 37.1 Å². The van der Waals surface area contributed by atoms with Crippen LogP contribution in [0.4, 0.5) is 0 Å². The first-order chi connectivity index (χ1) is 11.3. The molecule has 1 heterocycles. The van der Waals surface area contributed by atoms with Crippen LogP contribution in [0, 0.1) is 5.92 Å². The van der Waals surface area contributed by atoms with E-state index < -0.39 is 21.7 Å². The van der Waals surface area contributed by atoms with E-state index in [2.05, 4.69) is 0 Å². The van der Waals surface area contributed by atoms with Crippen LogP contribution in [0.1, 0.15) is 19.3 Å². The van der Waals surface area contributed by atoms with Crippen molar-refractivity contribution in [3.05, 3.63) is 24.3 Å². The van der Waals surface area contributed by atoms with E-state index in [9.17, 15) is 18.0 Å². The molecule has 0 aromatic heterocycles. The summed E-state index contributed by atoms with van der Waals surface area (Å²) in [5.41, 5.74) is 0. The maximum atomic E-state index is 12.1. The Morgan fingerprint density at radius 2 is 1.96 bits per heavy atom. The molecule has 1 aliphatic heterocycles. The molecule has 0 saturated carbocycles. The molecule has 24 heavy (non-hydrogen) atoms. The fourth-order valence-corrected chi connectivity index (χ4v) is 3.23. The van der Waals surface area contributed by atoms with E-state index in [1.807, 2.05) is 0 Å². The molecule has 0 radical (unpaired) electrons. The highest BCUT2D eigenvalue weighted by Gasteiger charge is 2.27. The third kappa shape index (κ3) is 4.95. The lowest BCUT2D eigenvalue weighted by Gasteiger charge is -2.30. The van der Waals surface area contributed by atoms with Crippen LogP contribution in [0.2, 0.25) is 0 Å². The van der Waals surface area contributed by atoms with Gasteiger partial charge in [-0.1, -0.05) is 0 Å². The number of likely N-dealkylation sites (tertiary alicyclic amines) is 1. The van der Waals surface area contributed by atoms with Gasteiger partial charge in [0.1, 0.15) is 5.75 Å². The summed E-state index contributed by atoms with van der Waals surface area (Å²) in [7, 11) is -3.24. The summed E-state index contributed by atoms with van der Waals surface area (Å²) in [6.07, 6.45) is 2.57. The molecule has 132 valence electrons. The number of piperidine rings is 1. The van der Waals surface area contributed by atoms with Crippen LogP contribution >= 0.6 is 0 Å². The van der Waals surface area contributed by atoms with Crippen molar-refractivity contribution >= 4 is 21.7 Å². The van der Waals surface area contributed by atoms with Gasteiger partial charge in [-0.2, -0.15) is 0 Å². The van der Waals surface area contributed by atoms with E-state index in [1.165, 1.54) is 12.1 Å². The second-order valence-corrected chi connectivity index (χ2v) is 7.87. The van der Waals surface area contributed by atoms with Gasteiger partial charge in [-0.15, -0.1) is 0 Å². The quantitative estimate of drug-likeness (QED) is 0.822. The van der Waals surface area contributed by atoms with Crippen LogP contribution in [0.3, 0.4) is 0 Å². The maximum Gasteiger partial charge on any atom is 0.308 e. The molecule has 1 aromatic carbocycles. The average Bonchev–Trinajstić information content (AvgIpc) is 2.54. The Morgan fingerprint density at radius 3 is 2.54 bits per heavy atom. The second-order valence-electron chi connectivity index (χ2n) is 5.86. The van der Waals surface area contributed by atoms with Crippen LogP contribution in [0.15, 0.2) is 29.2 Å². The summed E-state index contributed by atoms with van der Waals surface area (Å²) in [5.74, 6) is -1.01. The van der Waals surface area contributed by atoms with E-state index in [0.29, 0.717) is 25.1 Å². The molecule has 1 atom stereocenters. The molecule has 2 rings (SSSR count). The molecule has 1 aliphatic rings. The number of benzene rings is 1. The molecule has 0 aliphatic carbocycles. The predicted molar refractivity (Wildman–Crippen MR) is 86.6 cm³/mol. The zero-order valence-corrected chi connectivity index (χ0v) is 14.3. The fraction of sp³-hybridized carbons (Fsp3) is 0.500. The Labute approximate surface area is 141 Å². The highest BCUT2D eigenvalue weighted by Crippen LogP contribution is 2.18. The lowest BCUT2D eigenvalue weighted by molar-refractivity contribution is -0.145. The van der Waals surface area contributed by atoms with Crippen LogP contribution in [-0.4, -0.2) is 56.3 Å². The topological polar surface area (TPSA) is 101 Å². The summed E-state index contributed by atoms with van der Waals surface area (Å²) in [6.45, 7) is 0.980. The van der Waals surface area contributed by atoms with Gasteiger partial charge in [0.15, 0.2) is 9.84 Å². The number of ether oxygens (including phenoxy) is 1. The first-order valence-corrected chi connectivity index (χ1v) is 9.60. The van der Waals surface area contributed by atoms with E-state index in [1.54, 1.807) is 17.0 Å². The lowest BCUT2D eigenvalue weighted by Crippen LogP contribution is -2.42. The summed E-state index contributed by atoms with van der Waals surface area (Å²) in [5, 5.41) is 9.04. The van der Waals surface area contributed by atoms with Gasteiger partial charge in [-0.25, -0.2) is 8.42 Å². The molecule has 1 N–H and O–H groups in total. The Hall–Kier alpha value is -2.09. The maximum absolute atomic E-state index is 12.1. The Bertz CT molecular complexity index is 698. The summed E-state index contributed by atoms with van der Waals surface area (Å²) in [6, 6.07) is 5.99. The van der Waals surface area contributed by atoms with Gasteiger partial charge in [0.2, 0.25) is 5.91 Å². The molecule has 8 heteroatoms. The third-order valence-electron chi connectivity index (χ3n) is 3.96. The zero-order chi connectivity index (χ0) is 17.7. The van der Waals surface area contributed by atoms with Crippen LogP contribution in [0.25, 0.3) is 0 Å². The van der Waals surface area contributed by atoms with Crippen molar-refractivity contribution in [2.75, 3.05) is 26.0 Å². The SMILES string of the molecule is CS(=O)(=O)c1ccc(OCCC(=O)N2CCCC(C(=O)O)C2)cc1. The fourth-order valence-electron chi connectivity index (χ4n) is 2.60. The van der Waals surface area contributed by atoms with Crippen LogP contribution in [0.5, 0.6) is 5.75 Å². The number of hydrogen-bond donors (Lipinski definition) is 1. The van der Waals surface area contributed by atoms with Crippen molar-refractivity contribution in [1.82, 2.24) is 4.90 Å². The molecule has 1 saturated heterocycles. The van der Waals surface area contributed by atoms with Crippen LogP contribution < -0.4 is 4.74 Å². The molecule has 1 fully saturated rings. The van der Waals surface area contributed by atoms with Crippen molar-refractivity contribution in [2.45, 2.75) is 24.2 Å². The number of amides is 1. The number of nitrogens with zero attached hydrogens (tertiary/aromatic N) is 1. The number of rotatable bonds is 6. The van der Waals surface area contributed by atoms with Crippen molar-refractivity contribution in [3.8, 4) is 5.75 Å². The average molecular weight is 355 g/mol. The van der Waals surface area contributed by atoms with Gasteiger partial charge in [0.05, 0.1) is 23.8 Å². The monoisotopic (exact) mass is 355 g/mol. The Kier molecular flexibility index (Phi) is 5.82. The Balaban J connectivity index is 1.81. The van der Waals surface area contributed by atoms with Gasteiger partial charge in [0, 0.05) is 19.3 Å². The molecule has 1 unspecified atom stereocenters. The molecule has 0 spiro atoms. The van der Waals surface area contributed by atoms with Crippen molar-refractivity contribution in [3.63, 3.8) is 0 Å². The van der Waals surface area contributed by atoms with E-state index in [0.717, 1.165) is 6.26 Å². The van der Waals surface area contributed by atoms with Gasteiger partial charge >= 0.3 is 5.97 Å². The molecule has 1 aromatic rings. The third-order valence-corrected chi connectivity index (χ3v) is 5.09. The number of carboxylic acids is 1.